The van der Waals surface area contributed by atoms with Gasteiger partial charge >= 0.3 is 0 Å². The molecule has 1 fully saturated rings. The molecule has 3 unspecified atom stereocenters. The number of benzene rings is 1. The van der Waals surface area contributed by atoms with Crippen LogP contribution in [-0.2, 0) is 27.2 Å². The van der Waals surface area contributed by atoms with Crippen molar-refractivity contribution >= 4 is 17.7 Å². The minimum absolute atomic E-state index is 0.140. The van der Waals surface area contributed by atoms with Gasteiger partial charge in [-0.3, -0.25) is 14.4 Å². The molecule has 1 saturated carbocycles. The number of ether oxygens (including phenoxy) is 1. The Hall–Kier alpha value is -2.65. The van der Waals surface area contributed by atoms with E-state index in [4.69, 9.17) is 10.5 Å². The normalized spacial score (nSPS) is 18.8. The lowest BCUT2D eigenvalue weighted by Crippen LogP contribution is -2.53. The topological polar surface area (TPSA) is 134 Å². The molecule has 9 heteroatoms. The van der Waals surface area contributed by atoms with Gasteiger partial charge in [-0.15, -0.1) is 0 Å². The lowest BCUT2D eigenvalue weighted by molar-refractivity contribution is -0.144. The molecule has 218 valence electrons. The molecule has 1 aromatic rings. The molecular formula is C30H48N4O5. The average molecular weight is 545 g/mol. The number of likely N-dealkylation sites (N-methyl/N-ethyl adjacent to an activating group) is 1. The van der Waals surface area contributed by atoms with E-state index in [9.17, 15) is 19.5 Å². The lowest BCUT2D eigenvalue weighted by atomic mass is 9.80. The van der Waals surface area contributed by atoms with E-state index in [2.05, 4.69) is 28.8 Å². The van der Waals surface area contributed by atoms with Gasteiger partial charge in [0.05, 0.1) is 19.3 Å². The zero-order valence-electron chi connectivity index (χ0n) is 23.8. The first kappa shape index (κ1) is 30.9. The molecule has 1 aromatic carbocycles. The van der Waals surface area contributed by atoms with Crippen LogP contribution in [0.15, 0.2) is 18.2 Å². The monoisotopic (exact) mass is 544 g/mol. The first-order valence-electron chi connectivity index (χ1n) is 14.7. The van der Waals surface area contributed by atoms with Crippen molar-refractivity contribution in [3.63, 3.8) is 0 Å². The summed E-state index contributed by atoms with van der Waals surface area (Å²) < 4.78 is 6.29. The molecule has 0 spiro atoms. The second-order valence-electron chi connectivity index (χ2n) is 11.1. The van der Waals surface area contributed by atoms with Crippen LogP contribution in [0.3, 0.4) is 0 Å². The molecule has 1 aliphatic carbocycles. The van der Waals surface area contributed by atoms with E-state index in [1.54, 1.807) is 7.05 Å². The highest BCUT2D eigenvalue weighted by atomic mass is 16.5. The standard InChI is InChI=1S/C30H48N4O5/c1-21(22-9-4-3-5-10-22)30(38)34(2)26(20-35)29(37)33-19-27(36)32-18-8-13-23-11-6-12-24-15-16-25(14-7-17-31)39-28(23)24/h6,11-12,21-22,25-26,35H,3-5,7-10,13-20,31H2,1-2H3,(H,32,36)(H,33,37). The second kappa shape index (κ2) is 15.8. The zero-order valence-corrected chi connectivity index (χ0v) is 23.8. The number of nitrogens with two attached hydrogens (primary N) is 1. The van der Waals surface area contributed by atoms with Crippen LogP contribution in [0.5, 0.6) is 5.75 Å². The van der Waals surface area contributed by atoms with Crippen LogP contribution in [0.2, 0.25) is 0 Å². The number of carbonyl (C=O) groups is 3. The van der Waals surface area contributed by atoms with Crippen LogP contribution in [-0.4, -0.2) is 73.2 Å². The van der Waals surface area contributed by atoms with E-state index >= 15 is 0 Å². The Morgan fingerprint density at radius 2 is 1.90 bits per heavy atom. The first-order chi connectivity index (χ1) is 18.8. The maximum absolute atomic E-state index is 13.0. The molecule has 5 N–H and O–H groups in total. The number of aliphatic hydroxyl groups excluding tert-OH is 1. The molecule has 1 aliphatic heterocycles. The molecule has 1 heterocycles. The van der Waals surface area contributed by atoms with Gasteiger partial charge in [-0.05, 0) is 75.0 Å². The van der Waals surface area contributed by atoms with E-state index < -0.39 is 18.6 Å². The number of fused-ring (bicyclic) bond motifs is 1. The van der Waals surface area contributed by atoms with Gasteiger partial charge in [0.2, 0.25) is 17.7 Å². The maximum Gasteiger partial charge on any atom is 0.245 e. The fourth-order valence-electron chi connectivity index (χ4n) is 5.82. The summed E-state index contributed by atoms with van der Waals surface area (Å²) in [6.45, 7) is 2.34. The first-order valence-corrected chi connectivity index (χ1v) is 14.7. The number of hydrogen-bond acceptors (Lipinski definition) is 6. The Balaban J connectivity index is 1.40. The van der Waals surface area contributed by atoms with Crippen LogP contribution in [0.1, 0.15) is 75.8 Å². The van der Waals surface area contributed by atoms with Gasteiger partial charge in [0.1, 0.15) is 11.8 Å². The Kier molecular flexibility index (Phi) is 12.5. The van der Waals surface area contributed by atoms with Crippen LogP contribution in [0, 0.1) is 11.8 Å². The zero-order chi connectivity index (χ0) is 28.2. The number of nitrogens with one attached hydrogen (secondary N) is 2. The molecule has 0 saturated heterocycles. The third-order valence-corrected chi connectivity index (χ3v) is 8.33. The van der Waals surface area contributed by atoms with E-state index in [0.717, 1.165) is 75.5 Å². The van der Waals surface area contributed by atoms with Gasteiger partial charge < -0.3 is 31.1 Å². The highest BCUT2D eigenvalue weighted by Gasteiger charge is 2.33. The van der Waals surface area contributed by atoms with Crippen molar-refractivity contribution in [3.05, 3.63) is 29.3 Å². The summed E-state index contributed by atoms with van der Waals surface area (Å²) in [6.07, 6.45) is 11.2. The number of aliphatic hydroxyl groups is 1. The van der Waals surface area contributed by atoms with E-state index in [-0.39, 0.29) is 30.4 Å². The summed E-state index contributed by atoms with van der Waals surface area (Å²) in [5.74, 6) is 0.119. The van der Waals surface area contributed by atoms with Gasteiger partial charge in [-0.1, -0.05) is 44.4 Å². The Bertz CT molecular complexity index is 949. The van der Waals surface area contributed by atoms with Crippen LogP contribution in [0.25, 0.3) is 0 Å². The van der Waals surface area contributed by atoms with Crippen molar-refractivity contribution in [2.75, 3.05) is 33.3 Å². The van der Waals surface area contributed by atoms with Gasteiger partial charge in [0, 0.05) is 19.5 Å². The quantitative estimate of drug-likeness (QED) is 0.266. The van der Waals surface area contributed by atoms with Crippen molar-refractivity contribution in [1.82, 2.24) is 15.5 Å². The summed E-state index contributed by atoms with van der Waals surface area (Å²) >= 11 is 0. The predicted molar refractivity (Wildman–Crippen MR) is 151 cm³/mol. The summed E-state index contributed by atoms with van der Waals surface area (Å²) in [5, 5.41) is 15.2. The number of aryl methyl sites for hydroxylation is 2. The average Bonchev–Trinajstić information content (AvgIpc) is 2.97. The van der Waals surface area contributed by atoms with E-state index in [1.165, 1.54) is 16.9 Å². The number of rotatable bonds is 14. The Morgan fingerprint density at radius 1 is 1.13 bits per heavy atom. The minimum Gasteiger partial charge on any atom is -0.490 e. The van der Waals surface area contributed by atoms with E-state index in [1.807, 2.05) is 6.92 Å². The third-order valence-electron chi connectivity index (χ3n) is 8.33. The molecule has 0 bridgehead atoms. The summed E-state index contributed by atoms with van der Waals surface area (Å²) in [5.41, 5.74) is 8.04. The molecule has 39 heavy (non-hydrogen) atoms. The highest BCUT2D eigenvalue weighted by molar-refractivity contribution is 5.91. The number of nitrogens with zero attached hydrogens (tertiary/aromatic N) is 1. The molecule has 2 aliphatic rings. The second-order valence-corrected chi connectivity index (χ2v) is 11.1. The van der Waals surface area contributed by atoms with Crippen LogP contribution in [0.4, 0.5) is 0 Å². The lowest BCUT2D eigenvalue weighted by Gasteiger charge is -2.32. The minimum atomic E-state index is -1.02. The maximum atomic E-state index is 13.0. The molecule has 0 radical (unpaired) electrons. The molecule has 3 atom stereocenters. The van der Waals surface area contributed by atoms with Crippen molar-refractivity contribution < 1.29 is 24.2 Å². The highest BCUT2D eigenvalue weighted by Crippen LogP contribution is 2.33. The van der Waals surface area contributed by atoms with E-state index in [0.29, 0.717) is 19.0 Å². The molecule has 3 rings (SSSR count). The van der Waals surface area contributed by atoms with Crippen LogP contribution >= 0.6 is 0 Å². The number of carbonyl (C=O) groups excluding carboxylic acids is 3. The molecule has 0 aromatic heterocycles. The fraction of sp³-hybridized carbons (Fsp3) is 0.700. The van der Waals surface area contributed by atoms with Gasteiger partial charge in [-0.25, -0.2) is 0 Å². The van der Waals surface area contributed by atoms with Gasteiger partial charge in [-0.2, -0.15) is 0 Å². The Morgan fingerprint density at radius 3 is 2.62 bits per heavy atom. The van der Waals surface area contributed by atoms with Gasteiger partial charge in [0.15, 0.2) is 0 Å². The molecule has 9 nitrogen and oxygen atoms in total. The fourth-order valence-corrected chi connectivity index (χ4v) is 5.82. The van der Waals surface area contributed by atoms with Crippen LogP contribution < -0.4 is 21.1 Å². The number of hydrogen-bond donors (Lipinski definition) is 4. The SMILES string of the molecule is CC(C(=O)N(C)C(CO)C(=O)NCC(=O)NCCCc1cccc2c1OC(CCCN)CC2)C1CCCCC1. The summed E-state index contributed by atoms with van der Waals surface area (Å²) in [6, 6.07) is 5.23. The third kappa shape index (κ3) is 8.93. The predicted octanol–water partition coefficient (Wildman–Crippen LogP) is 2.32. The molecular weight excluding hydrogens is 496 g/mol. The van der Waals surface area contributed by atoms with Crippen molar-refractivity contribution in [1.29, 1.82) is 0 Å². The van der Waals surface area contributed by atoms with Gasteiger partial charge in [0.25, 0.3) is 0 Å². The van der Waals surface area contributed by atoms with Crippen molar-refractivity contribution in [2.24, 2.45) is 17.6 Å². The van der Waals surface area contributed by atoms with Crippen molar-refractivity contribution in [2.45, 2.75) is 89.7 Å². The van der Waals surface area contributed by atoms with Crippen molar-refractivity contribution in [3.8, 4) is 5.75 Å². The molecule has 3 amide bonds. The summed E-state index contributed by atoms with van der Waals surface area (Å²) in [4.78, 5) is 39.4. The summed E-state index contributed by atoms with van der Waals surface area (Å²) in [7, 11) is 1.55. The number of para-hydroxylation sites is 1. The largest absolute Gasteiger partial charge is 0.490 e. The number of amides is 3. The smallest absolute Gasteiger partial charge is 0.245 e. The Labute approximate surface area is 233 Å².